The third kappa shape index (κ3) is 2.40. The number of ketones is 1. The van der Waals surface area contributed by atoms with Crippen LogP contribution in [0.1, 0.15) is 33.3 Å². The Bertz CT molecular complexity index is 673. The van der Waals surface area contributed by atoms with E-state index in [1.807, 2.05) is 0 Å². The van der Waals surface area contributed by atoms with Crippen LogP contribution in [0.4, 0.5) is 4.39 Å². The molecule has 1 N–H and O–H groups in total. The summed E-state index contributed by atoms with van der Waals surface area (Å²) in [6.07, 6.45) is 1.44. The summed E-state index contributed by atoms with van der Waals surface area (Å²) in [6, 6.07) is 5.58. The monoisotopic (exact) mass is 261 g/mol. The second-order valence-corrected chi connectivity index (χ2v) is 4.28. The van der Waals surface area contributed by atoms with Gasteiger partial charge >= 0.3 is 5.97 Å². The molecule has 0 atom stereocenters. The summed E-state index contributed by atoms with van der Waals surface area (Å²) in [5.74, 6) is -1.73. The van der Waals surface area contributed by atoms with Gasteiger partial charge in [-0.2, -0.15) is 0 Å². The van der Waals surface area contributed by atoms with Gasteiger partial charge in [0.15, 0.2) is 5.78 Å². The van der Waals surface area contributed by atoms with Crippen LogP contribution in [0.3, 0.4) is 0 Å². The molecule has 0 saturated heterocycles. The maximum Gasteiger partial charge on any atom is 0.352 e. The van der Waals surface area contributed by atoms with Crippen LogP contribution >= 0.6 is 0 Å². The third-order valence-corrected chi connectivity index (χ3v) is 2.87. The van der Waals surface area contributed by atoms with Gasteiger partial charge in [-0.1, -0.05) is 0 Å². The van der Waals surface area contributed by atoms with Crippen molar-refractivity contribution in [1.82, 2.24) is 4.57 Å². The van der Waals surface area contributed by atoms with Gasteiger partial charge in [0.25, 0.3) is 0 Å². The Morgan fingerprint density at radius 3 is 2.47 bits per heavy atom. The first-order valence-corrected chi connectivity index (χ1v) is 5.63. The van der Waals surface area contributed by atoms with Gasteiger partial charge in [-0.25, -0.2) is 9.18 Å². The average Bonchev–Trinajstić information content (AvgIpc) is 2.78. The van der Waals surface area contributed by atoms with Gasteiger partial charge in [0, 0.05) is 17.4 Å². The number of aromatic carboxylic acids is 1. The maximum absolute atomic E-state index is 13.2. The predicted octanol–water partition coefficient (Wildman–Crippen LogP) is 2.83. The molecule has 2 aromatic rings. The molecule has 19 heavy (non-hydrogen) atoms. The molecule has 0 radical (unpaired) electrons. The van der Waals surface area contributed by atoms with Crippen molar-refractivity contribution in [3.8, 4) is 5.69 Å². The minimum atomic E-state index is -1.14. The Labute approximate surface area is 109 Å². The quantitative estimate of drug-likeness (QED) is 0.864. The number of aromatic nitrogens is 1. The van der Waals surface area contributed by atoms with E-state index in [1.54, 1.807) is 6.92 Å². The zero-order valence-electron chi connectivity index (χ0n) is 10.5. The lowest BCUT2D eigenvalue weighted by Crippen LogP contribution is -2.05. The van der Waals surface area contributed by atoms with Crippen LogP contribution in [-0.4, -0.2) is 21.4 Å². The van der Waals surface area contributed by atoms with Gasteiger partial charge in [0.2, 0.25) is 0 Å². The summed E-state index contributed by atoms with van der Waals surface area (Å²) >= 11 is 0. The Kier molecular flexibility index (Phi) is 3.21. The molecule has 0 aliphatic heterocycles. The normalized spacial score (nSPS) is 10.5. The van der Waals surface area contributed by atoms with E-state index in [1.165, 1.54) is 42.0 Å². The molecule has 2 rings (SSSR count). The molecule has 0 fully saturated rings. The van der Waals surface area contributed by atoms with Crippen molar-refractivity contribution in [3.05, 3.63) is 53.1 Å². The highest BCUT2D eigenvalue weighted by molar-refractivity contribution is 5.97. The molecule has 0 aliphatic carbocycles. The van der Waals surface area contributed by atoms with Crippen LogP contribution in [0, 0.1) is 12.7 Å². The number of carboxylic acid groups (broad SMARTS) is 1. The minimum absolute atomic E-state index is 0.0313. The fourth-order valence-corrected chi connectivity index (χ4v) is 1.81. The van der Waals surface area contributed by atoms with E-state index < -0.39 is 5.97 Å². The van der Waals surface area contributed by atoms with E-state index >= 15 is 0 Å². The molecular formula is C14H12FNO3. The molecule has 0 saturated carbocycles. The standard InChI is InChI=1S/C14H12FNO3/c1-8-5-11(3-4-12(8)15)16-7-10(9(2)17)6-13(16)14(18)19/h3-7H,1-2H3,(H,18,19). The van der Waals surface area contributed by atoms with Crippen molar-refractivity contribution in [2.24, 2.45) is 0 Å². The number of benzene rings is 1. The third-order valence-electron chi connectivity index (χ3n) is 2.87. The van der Waals surface area contributed by atoms with Gasteiger partial charge in [-0.3, -0.25) is 4.79 Å². The van der Waals surface area contributed by atoms with E-state index in [0.717, 1.165) is 0 Å². The summed E-state index contributed by atoms with van der Waals surface area (Å²) in [5, 5.41) is 9.14. The molecular weight excluding hydrogens is 249 g/mol. The first-order chi connectivity index (χ1) is 8.90. The predicted molar refractivity (Wildman–Crippen MR) is 67.4 cm³/mol. The fourth-order valence-electron chi connectivity index (χ4n) is 1.81. The number of carbonyl (C=O) groups excluding carboxylic acids is 1. The number of halogens is 1. The van der Waals surface area contributed by atoms with Crippen LogP contribution in [0.25, 0.3) is 5.69 Å². The van der Waals surface area contributed by atoms with Gasteiger partial charge in [0.05, 0.1) is 0 Å². The van der Waals surface area contributed by atoms with Crippen LogP contribution in [0.15, 0.2) is 30.5 Å². The second kappa shape index (κ2) is 4.68. The highest BCUT2D eigenvalue weighted by atomic mass is 19.1. The maximum atomic E-state index is 13.2. The van der Waals surface area contributed by atoms with Crippen molar-refractivity contribution in [3.63, 3.8) is 0 Å². The van der Waals surface area contributed by atoms with Crippen molar-refractivity contribution in [2.45, 2.75) is 13.8 Å². The Hall–Kier alpha value is -2.43. The first kappa shape index (κ1) is 13.0. The lowest BCUT2D eigenvalue weighted by Gasteiger charge is -2.07. The molecule has 1 aromatic carbocycles. The smallest absolute Gasteiger partial charge is 0.352 e. The van der Waals surface area contributed by atoms with E-state index in [2.05, 4.69) is 0 Å². The van der Waals surface area contributed by atoms with E-state index in [-0.39, 0.29) is 17.3 Å². The zero-order chi connectivity index (χ0) is 14.2. The number of Topliss-reactive ketones (excluding diaryl/α,β-unsaturated/α-hetero) is 1. The van der Waals surface area contributed by atoms with Gasteiger partial charge in [-0.15, -0.1) is 0 Å². The topological polar surface area (TPSA) is 59.3 Å². The number of aryl methyl sites for hydroxylation is 1. The largest absolute Gasteiger partial charge is 0.477 e. The molecule has 98 valence electrons. The lowest BCUT2D eigenvalue weighted by atomic mass is 10.2. The van der Waals surface area contributed by atoms with Gasteiger partial charge < -0.3 is 9.67 Å². The van der Waals surface area contributed by atoms with Crippen LogP contribution in [0.2, 0.25) is 0 Å². The Morgan fingerprint density at radius 1 is 1.26 bits per heavy atom. The van der Waals surface area contributed by atoms with Crippen molar-refractivity contribution < 1.29 is 19.1 Å². The van der Waals surface area contributed by atoms with Crippen LogP contribution in [-0.2, 0) is 0 Å². The summed E-state index contributed by atoms with van der Waals surface area (Å²) in [6.45, 7) is 2.95. The molecule has 0 amide bonds. The van der Waals surface area contributed by atoms with E-state index in [9.17, 15) is 14.0 Å². The van der Waals surface area contributed by atoms with Crippen LogP contribution in [0.5, 0.6) is 0 Å². The number of carbonyl (C=O) groups is 2. The summed E-state index contributed by atoms with van der Waals surface area (Å²) < 4.78 is 14.6. The summed E-state index contributed by atoms with van der Waals surface area (Å²) in [5.41, 5.74) is 1.19. The molecule has 0 bridgehead atoms. The molecule has 1 aromatic heterocycles. The highest BCUT2D eigenvalue weighted by Gasteiger charge is 2.16. The molecule has 1 heterocycles. The van der Waals surface area contributed by atoms with Gasteiger partial charge in [0.1, 0.15) is 11.5 Å². The fraction of sp³-hybridized carbons (Fsp3) is 0.143. The summed E-state index contributed by atoms with van der Waals surface area (Å²) in [4.78, 5) is 22.5. The van der Waals surface area contributed by atoms with Gasteiger partial charge in [-0.05, 0) is 43.7 Å². The average molecular weight is 261 g/mol. The first-order valence-electron chi connectivity index (χ1n) is 5.63. The lowest BCUT2D eigenvalue weighted by molar-refractivity contribution is 0.0688. The number of nitrogens with zero attached hydrogens (tertiary/aromatic N) is 1. The molecule has 5 heteroatoms. The van der Waals surface area contributed by atoms with E-state index in [4.69, 9.17) is 5.11 Å². The Balaban J connectivity index is 2.62. The van der Waals surface area contributed by atoms with Crippen molar-refractivity contribution in [1.29, 1.82) is 0 Å². The van der Waals surface area contributed by atoms with Crippen LogP contribution < -0.4 is 0 Å². The number of hydrogen-bond acceptors (Lipinski definition) is 2. The molecule has 0 unspecified atom stereocenters. The number of rotatable bonds is 3. The summed E-state index contributed by atoms with van der Waals surface area (Å²) in [7, 11) is 0. The molecule has 4 nitrogen and oxygen atoms in total. The number of carboxylic acids is 1. The minimum Gasteiger partial charge on any atom is -0.477 e. The molecule has 0 aliphatic rings. The van der Waals surface area contributed by atoms with Crippen molar-refractivity contribution >= 4 is 11.8 Å². The molecule has 0 spiro atoms. The Morgan fingerprint density at radius 2 is 1.95 bits per heavy atom. The number of hydrogen-bond donors (Lipinski definition) is 1. The van der Waals surface area contributed by atoms with Crippen molar-refractivity contribution in [2.75, 3.05) is 0 Å². The van der Waals surface area contributed by atoms with E-state index in [0.29, 0.717) is 16.8 Å². The second-order valence-electron chi connectivity index (χ2n) is 4.28. The SMILES string of the molecule is CC(=O)c1cc(C(=O)O)n(-c2ccc(F)c(C)c2)c1. The highest BCUT2D eigenvalue weighted by Crippen LogP contribution is 2.19. The zero-order valence-corrected chi connectivity index (χ0v) is 10.5.